The molecule has 2 aliphatic rings. The fourth-order valence-electron chi connectivity index (χ4n) is 4.92. The van der Waals surface area contributed by atoms with Crippen LogP contribution in [-0.2, 0) is 4.79 Å². The number of allylic oxidation sites excluding steroid dienone is 8. The number of carbonyl (C=O) groups is 1. The molecule has 2 heterocycles. The van der Waals surface area contributed by atoms with E-state index in [4.69, 9.17) is 0 Å². The average Bonchev–Trinajstić information content (AvgIpc) is 2.97. The second-order valence-electron chi connectivity index (χ2n) is 10.3. The molecule has 0 spiro atoms. The third-order valence-electron chi connectivity index (χ3n) is 7.34. The van der Waals surface area contributed by atoms with Crippen LogP contribution in [0.15, 0.2) is 102 Å². The van der Waals surface area contributed by atoms with Crippen molar-refractivity contribution >= 4 is 11.7 Å². The van der Waals surface area contributed by atoms with E-state index in [1.54, 1.807) is 25.3 Å². The predicted octanol–water partition coefficient (Wildman–Crippen LogP) is 4.98. The molecule has 0 aromatic heterocycles. The smallest absolute Gasteiger partial charge is 0.224 e. The zero-order chi connectivity index (χ0) is 29.3. The van der Waals surface area contributed by atoms with Crippen molar-refractivity contribution in [3.63, 3.8) is 0 Å². The molecule has 0 bridgehead atoms. The number of piperidine rings is 1. The van der Waals surface area contributed by atoms with Crippen LogP contribution < -0.4 is 5.32 Å². The van der Waals surface area contributed by atoms with Gasteiger partial charge in [-0.1, -0.05) is 79.5 Å². The minimum absolute atomic E-state index is 0.0503. The molecule has 218 valence electrons. The molecule has 7 heteroatoms. The number of aliphatic imine (C=N–C) groups is 1. The molecule has 2 N–H and O–H groups in total. The van der Waals surface area contributed by atoms with Crippen LogP contribution in [0.4, 0.5) is 0 Å². The summed E-state index contributed by atoms with van der Waals surface area (Å²) in [6.45, 7) is 22.6. The van der Waals surface area contributed by atoms with Gasteiger partial charge in [-0.05, 0) is 51.4 Å². The molecule has 0 aliphatic carbocycles. The second kappa shape index (κ2) is 18.0. The number of piperazine rings is 1. The summed E-state index contributed by atoms with van der Waals surface area (Å²) in [7, 11) is 1.68. The van der Waals surface area contributed by atoms with Crippen molar-refractivity contribution in [1.82, 2.24) is 20.0 Å². The van der Waals surface area contributed by atoms with Crippen molar-refractivity contribution in [2.24, 2.45) is 4.99 Å². The van der Waals surface area contributed by atoms with Gasteiger partial charge in [-0.3, -0.25) is 19.6 Å². The fourth-order valence-corrected chi connectivity index (χ4v) is 4.92. The van der Waals surface area contributed by atoms with Crippen molar-refractivity contribution < 1.29 is 9.90 Å². The number of rotatable bonds is 13. The molecule has 2 aliphatic heterocycles. The van der Waals surface area contributed by atoms with Crippen LogP contribution in [0.5, 0.6) is 0 Å². The Kier molecular flexibility index (Phi) is 14.8. The highest BCUT2D eigenvalue weighted by Crippen LogP contribution is 2.20. The van der Waals surface area contributed by atoms with E-state index in [-0.39, 0.29) is 18.1 Å². The largest absolute Gasteiger partial charge is 0.504 e. The summed E-state index contributed by atoms with van der Waals surface area (Å²) in [5.41, 5.74) is 3.44. The Hall–Kier alpha value is -3.42. The molecule has 7 nitrogen and oxygen atoms in total. The van der Waals surface area contributed by atoms with Crippen LogP contribution in [0.25, 0.3) is 0 Å². The minimum Gasteiger partial charge on any atom is -0.504 e. The SMILES string of the molecule is C=C/C=C\C=C(/C=C)CNC(=O)C/C=C(/O)C(=NC)N1CCN(C2CCN(C/C(C)=C/C=C(/C)C=C)CC2)CC1. The van der Waals surface area contributed by atoms with Gasteiger partial charge in [0.1, 0.15) is 0 Å². The van der Waals surface area contributed by atoms with Crippen molar-refractivity contribution in [3.8, 4) is 0 Å². The highest BCUT2D eigenvalue weighted by molar-refractivity contribution is 5.96. The van der Waals surface area contributed by atoms with E-state index < -0.39 is 0 Å². The summed E-state index contributed by atoms with van der Waals surface area (Å²) in [5.74, 6) is 0.425. The number of hydrogen-bond acceptors (Lipinski definition) is 5. The number of aliphatic hydroxyl groups is 1. The van der Waals surface area contributed by atoms with Crippen LogP contribution in [0.2, 0.25) is 0 Å². The first kappa shape index (κ1) is 32.8. The molecular weight excluding hydrogens is 498 g/mol. The van der Waals surface area contributed by atoms with E-state index in [9.17, 15) is 9.90 Å². The van der Waals surface area contributed by atoms with E-state index >= 15 is 0 Å². The molecule has 0 aromatic rings. The highest BCUT2D eigenvalue weighted by atomic mass is 16.3. The summed E-state index contributed by atoms with van der Waals surface area (Å²) in [5, 5.41) is 13.6. The quantitative estimate of drug-likeness (QED) is 0.147. The maximum atomic E-state index is 12.3. The van der Waals surface area contributed by atoms with Crippen LogP contribution in [0, 0.1) is 0 Å². The second-order valence-corrected chi connectivity index (χ2v) is 10.3. The first-order valence-electron chi connectivity index (χ1n) is 14.2. The maximum absolute atomic E-state index is 12.3. The fraction of sp³-hybridized carbons (Fsp3) is 0.455. The van der Waals surface area contributed by atoms with Crippen molar-refractivity contribution in [3.05, 3.63) is 96.9 Å². The predicted molar refractivity (Wildman–Crippen MR) is 170 cm³/mol. The highest BCUT2D eigenvalue weighted by Gasteiger charge is 2.29. The lowest BCUT2D eigenvalue weighted by Crippen LogP contribution is -2.54. The number of amidine groups is 1. The number of nitrogens with zero attached hydrogens (tertiary/aromatic N) is 4. The Morgan fingerprint density at radius 3 is 2.27 bits per heavy atom. The van der Waals surface area contributed by atoms with Crippen LogP contribution in [0.3, 0.4) is 0 Å². The van der Waals surface area contributed by atoms with Crippen molar-refractivity contribution in [1.29, 1.82) is 0 Å². The molecule has 2 fully saturated rings. The number of nitrogens with one attached hydrogen (secondary N) is 1. The Morgan fingerprint density at radius 1 is 0.975 bits per heavy atom. The third-order valence-corrected chi connectivity index (χ3v) is 7.34. The number of likely N-dealkylation sites (tertiary alicyclic amines) is 1. The number of carbonyl (C=O) groups excluding carboxylic acids is 1. The Bertz CT molecular complexity index is 1050. The summed E-state index contributed by atoms with van der Waals surface area (Å²) in [6, 6.07) is 0.599. The first-order chi connectivity index (χ1) is 19.3. The molecule has 1 amide bonds. The molecule has 0 aromatic carbocycles. The standard InChI is InChI=1S/C33H49N5O2/c1-7-10-11-12-29(9-3)25-35-32(40)16-15-31(39)33(34-6)38-23-21-37(22-24-38)30-17-19-36(20-18-30)26-28(5)14-13-27(4)8-2/h7-15,30,39H,1-3,16-26H2,4-6H3,(H,35,40)/b11-10-,27-13-,28-14+,29-12+,31-15+,34-33?. The maximum Gasteiger partial charge on any atom is 0.224 e. The summed E-state index contributed by atoms with van der Waals surface area (Å²) in [4.78, 5) is 23.9. The first-order valence-corrected chi connectivity index (χ1v) is 14.2. The lowest BCUT2D eigenvalue weighted by atomic mass is 10.0. The monoisotopic (exact) mass is 547 g/mol. The Balaban J connectivity index is 1.79. The molecule has 2 rings (SSSR count). The topological polar surface area (TPSA) is 71.4 Å². The normalized spacial score (nSPS) is 19.7. The molecule has 40 heavy (non-hydrogen) atoms. The summed E-state index contributed by atoms with van der Waals surface area (Å²) < 4.78 is 0. The van der Waals surface area contributed by atoms with E-state index in [0.717, 1.165) is 51.4 Å². The van der Waals surface area contributed by atoms with Gasteiger partial charge in [-0.25, -0.2) is 0 Å². The zero-order valence-corrected chi connectivity index (χ0v) is 24.8. The number of amides is 1. The molecule has 0 radical (unpaired) electrons. The molecule has 0 saturated carbocycles. The van der Waals surface area contributed by atoms with Gasteiger partial charge in [-0.15, -0.1) is 0 Å². The van der Waals surface area contributed by atoms with E-state index in [1.807, 2.05) is 24.3 Å². The lowest BCUT2D eigenvalue weighted by molar-refractivity contribution is -0.120. The molecule has 0 atom stereocenters. The zero-order valence-electron chi connectivity index (χ0n) is 24.8. The molecular formula is C33H49N5O2. The van der Waals surface area contributed by atoms with E-state index in [0.29, 0.717) is 18.4 Å². The summed E-state index contributed by atoms with van der Waals surface area (Å²) in [6.07, 6.45) is 19.1. The third kappa shape index (κ3) is 11.4. The van der Waals surface area contributed by atoms with Crippen molar-refractivity contribution in [2.75, 3.05) is 59.4 Å². The Labute approximate surface area is 242 Å². The van der Waals surface area contributed by atoms with Gasteiger partial charge in [0, 0.05) is 58.8 Å². The lowest BCUT2D eigenvalue weighted by Gasteiger charge is -2.43. The van der Waals surface area contributed by atoms with Crippen molar-refractivity contribution in [2.45, 2.75) is 39.2 Å². The van der Waals surface area contributed by atoms with Gasteiger partial charge in [0.15, 0.2) is 11.6 Å². The molecule has 2 saturated heterocycles. The van der Waals surface area contributed by atoms with Gasteiger partial charge >= 0.3 is 0 Å². The number of aliphatic hydroxyl groups excluding tert-OH is 1. The minimum atomic E-state index is -0.173. The Morgan fingerprint density at radius 2 is 1.68 bits per heavy atom. The van der Waals surface area contributed by atoms with Gasteiger partial charge < -0.3 is 15.3 Å². The van der Waals surface area contributed by atoms with Crippen LogP contribution in [-0.4, -0.2) is 97.0 Å². The number of hydrogen-bond donors (Lipinski definition) is 2. The van der Waals surface area contributed by atoms with E-state index in [1.165, 1.54) is 24.0 Å². The molecule has 0 unspecified atom stereocenters. The van der Waals surface area contributed by atoms with Gasteiger partial charge in [0.25, 0.3) is 0 Å². The van der Waals surface area contributed by atoms with Crippen LogP contribution >= 0.6 is 0 Å². The van der Waals surface area contributed by atoms with Gasteiger partial charge in [0.2, 0.25) is 5.91 Å². The van der Waals surface area contributed by atoms with Gasteiger partial charge in [-0.2, -0.15) is 0 Å². The van der Waals surface area contributed by atoms with E-state index in [2.05, 4.69) is 70.7 Å². The average molecular weight is 548 g/mol. The summed E-state index contributed by atoms with van der Waals surface area (Å²) >= 11 is 0. The van der Waals surface area contributed by atoms with Crippen LogP contribution in [0.1, 0.15) is 33.1 Å². The van der Waals surface area contributed by atoms with Gasteiger partial charge in [0.05, 0.1) is 0 Å².